The Labute approximate surface area is 105 Å². The molecule has 0 aliphatic carbocycles. The number of hydrogen-bond acceptors (Lipinski definition) is 3. The van der Waals surface area contributed by atoms with Gasteiger partial charge < -0.3 is 15.8 Å². The van der Waals surface area contributed by atoms with Crippen LogP contribution >= 0.6 is 12.4 Å². The molecule has 0 fully saturated rings. The highest BCUT2D eigenvalue weighted by Crippen LogP contribution is 2.01. The summed E-state index contributed by atoms with van der Waals surface area (Å²) in [6.07, 6.45) is 4.50. The molecule has 0 aromatic rings. The number of hydrogen-bond donors (Lipinski definition) is 2. The summed E-state index contributed by atoms with van der Waals surface area (Å²) in [5.74, 6) is 0.0820. The smallest absolute Gasteiger partial charge is 0.220 e. The van der Waals surface area contributed by atoms with Gasteiger partial charge in [0.05, 0.1) is 12.6 Å². The Morgan fingerprint density at radius 1 is 1.44 bits per heavy atom. The van der Waals surface area contributed by atoms with Crippen LogP contribution < -0.4 is 11.1 Å². The second-order valence-corrected chi connectivity index (χ2v) is 3.75. The fourth-order valence-corrected chi connectivity index (χ4v) is 1.41. The van der Waals surface area contributed by atoms with Gasteiger partial charge in [-0.05, 0) is 19.4 Å². The van der Waals surface area contributed by atoms with Crippen molar-refractivity contribution < 1.29 is 9.53 Å². The molecule has 1 amide bonds. The lowest BCUT2D eigenvalue weighted by atomic mass is 10.1. The van der Waals surface area contributed by atoms with E-state index in [1.165, 1.54) is 0 Å². The molecule has 0 saturated heterocycles. The van der Waals surface area contributed by atoms with Crippen molar-refractivity contribution in [2.75, 3.05) is 20.3 Å². The first-order valence-electron chi connectivity index (χ1n) is 5.73. The van der Waals surface area contributed by atoms with Gasteiger partial charge in [-0.3, -0.25) is 4.79 Å². The number of halogens is 1. The quantitative estimate of drug-likeness (QED) is 0.653. The molecule has 98 valence electrons. The van der Waals surface area contributed by atoms with Gasteiger partial charge in [-0.15, -0.1) is 12.4 Å². The molecule has 0 bridgehead atoms. The third kappa shape index (κ3) is 10.2. The average molecular weight is 253 g/mol. The van der Waals surface area contributed by atoms with Crippen molar-refractivity contribution in [3.63, 3.8) is 0 Å². The van der Waals surface area contributed by atoms with E-state index in [1.807, 2.05) is 0 Å². The van der Waals surface area contributed by atoms with Crippen LogP contribution in [0.25, 0.3) is 0 Å². The maximum atomic E-state index is 11.4. The predicted molar refractivity (Wildman–Crippen MR) is 68.9 cm³/mol. The van der Waals surface area contributed by atoms with Gasteiger partial charge in [0.15, 0.2) is 0 Å². The van der Waals surface area contributed by atoms with E-state index in [1.54, 1.807) is 7.11 Å². The minimum absolute atomic E-state index is 0. The van der Waals surface area contributed by atoms with E-state index in [2.05, 4.69) is 12.2 Å². The zero-order valence-corrected chi connectivity index (χ0v) is 11.1. The Balaban J connectivity index is 0. The van der Waals surface area contributed by atoms with Gasteiger partial charge in [-0.2, -0.15) is 0 Å². The Morgan fingerprint density at radius 2 is 2.12 bits per heavy atom. The van der Waals surface area contributed by atoms with Crippen LogP contribution in [0.3, 0.4) is 0 Å². The number of carbonyl (C=O) groups is 1. The largest absolute Gasteiger partial charge is 0.383 e. The fraction of sp³-hybridized carbons (Fsp3) is 0.909. The molecule has 0 aromatic carbocycles. The molecule has 0 radical (unpaired) electrons. The third-order valence-corrected chi connectivity index (χ3v) is 2.25. The molecule has 0 aliphatic heterocycles. The maximum Gasteiger partial charge on any atom is 0.220 e. The van der Waals surface area contributed by atoms with Crippen molar-refractivity contribution in [3.8, 4) is 0 Å². The predicted octanol–water partition coefficient (Wildman–Crippen LogP) is 1.47. The summed E-state index contributed by atoms with van der Waals surface area (Å²) >= 11 is 0. The van der Waals surface area contributed by atoms with E-state index in [9.17, 15) is 4.79 Å². The Hall–Kier alpha value is -0.320. The van der Waals surface area contributed by atoms with E-state index in [4.69, 9.17) is 10.5 Å². The van der Waals surface area contributed by atoms with Gasteiger partial charge >= 0.3 is 0 Å². The number of nitrogens with one attached hydrogen (secondary N) is 1. The zero-order valence-electron chi connectivity index (χ0n) is 10.3. The van der Waals surface area contributed by atoms with Gasteiger partial charge in [0.25, 0.3) is 0 Å². The average Bonchev–Trinajstić information content (AvgIpc) is 2.23. The molecule has 1 unspecified atom stereocenters. The number of rotatable bonds is 9. The van der Waals surface area contributed by atoms with Gasteiger partial charge in [-0.25, -0.2) is 0 Å². The summed E-state index contributed by atoms with van der Waals surface area (Å²) in [6.45, 7) is 3.30. The lowest BCUT2D eigenvalue weighted by molar-refractivity contribution is -0.122. The molecule has 0 spiro atoms. The van der Waals surface area contributed by atoms with Crippen LogP contribution in [0.15, 0.2) is 0 Å². The maximum absolute atomic E-state index is 11.4. The van der Waals surface area contributed by atoms with Crippen LogP contribution in [0.5, 0.6) is 0 Å². The van der Waals surface area contributed by atoms with Crippen molar-refractivity contribution in [1.29, 1.82) is 0 Å². The molecule has 4 nitrogen and oxygen atoms in total. The van der Waals surface area contributed by atoms with E-state index in [-0.39, 0.29) is 24.4 Å². The minimum Gasteiger partial charge on any atom is -0.383 e. The first-order chi connectivity index (χ1) is 7.24. The van der Waals surface area contributed by atoms with Gasteiger partial charge in [0, 0.05) is 13.5 Å². The number of ether oxygens (including phenoxy) is 1. The number of amides is 1. The first kappa shape index (κ1) is 18.1. The van der Waals surface area contributed by atoms with Gasteiger partial charge in [0.1, 0.15) is 0 Å². The summed E-state index contributed by atoms with van der Waals surface area (Å²) < 4.78 is 5.07. The normalized spacial score (nSPS) is 11.7. The summed E-state index contributed by atoms with van der Waals surface area (Å²) in [4.78, 5) is 11.4. The Kier molecular flexibility index (Phi) is 14.4. The molecule has 0 saturated carbocycles. The van der Waals surface area contributed by atoms with Crippen molar-refractivity contribution >= 4 is 18.3 Å². The first-order valence-corrected chi connectivity index (χ1v) is 5.73. The minimum atomic E-state index is 0. The standard InChI is InChI=1S/C11H24N2O2.ClH/c1-3-4-6-10(9-15-2)13-11(14)7-5-8-12;/h10H,3-9,12H2,1-2H3,(H,13,14);1H. The monoisotopic (exact) mass is 252 g/mol. The lowest BCUT2D eigenvalue weighted by Crippen LogP contribution is -2.38. The molecular formula is C11H25ClN2O2. The fourth-order valence-electron chi connectivity index (χ4n) is 1.41. The van der Waals surface area contributed by atoms with Crippen molar-refractivity contribution in [1.82, 2.24) is 5.32 Å². The molecular weight excluding hydrogens is 228 g/mol. The topological polar surface area (TPSA) is 64.3 Å². The van der Waals surface area contributed by atoms with Crippen molar-refractivity contribution in [2.45, 2.75) is 45.1 Å². The number of unbranched alkanes of at least 4 members (excludes halogenated alkanes) is 1. The number of carbonyl (C=O) groups excluding carboxylic acids is 1. The number of methoxy groups -OCH3 is 1. The molecule has 0 heterocycles. The lowest BCUT2D eigenvalue weighted by Gasteiger charge is -2.17. The SMILES string of the molecule is CCCCC(COC)NC(=O)CCCN.Cl. The zero-order chi connectivity index (χ0) is 11.5. The van der Waals surface area contributed by atoms with Crippen LogP contribution in [-0.4, -0.2) is 32.2 Å². The van der Waals surface area contributed by atoms with E-state index in [0.29, 0.717) is 19.6 Å². The highest BCUT2D eigenvalue weighted by Gasteiger charge is 2.10. The summed E-state index contributed by atoms with van der Waals surface area (Å²) in [5, 5.41) is 2.97. The summed E-state index contributed by atoms with van der Waals surface area (Å²) in [7, 11) is 1.66. The summed E-state index contributed by atoms with van der Waals surface area (Å²) in [5.41, 5.74) is 5.34. The van der Waals surface area contributed by atoms with Crippen molar-refractivity contribution in [3.05, 3.63) is 0 Å². The van der Waals surface area contributed by atoms with E-state index >= 15 is 0 Å². The summed E-state index contributed by atoms with van der Waals surface area (Å²) in [6, 6.07) is 0.153. The van der Waals surface area contributed by atoms with Crippen molar-refractivity contribution in [2.24, 2.45) is 5.73 Å². The van der Waals surface area contributed by atoms with Gasteiger partial charge in [-0.1, -0.05) is 19.8 Å². The van der Waals surface area contributed by atoms with E-state index < -0.39 is 0 Å². The van der Waals surface area contributed by atoms with Crippen LogP contribution in [0, 0.1) is 0 Å². The highest BCUT2D eigenvalue weighted by atomic mass is 35.5. The third-order valence-electron chi connectivity index (χ3n) is 2.25. The Bertz CT molecular complexity index is 168. The molecule has 0 rings (SSSR count). The molecule has 5 heteroatoms. The second-order valence-electron chi connectivity index (χ2n) is 3.75. The molecule has 3 N–H and O–H groups in total. The van der Waals surface area contributed by atoms with Gasteiger partial charge in [0.2, 0.25) is 5.91 Å². The van der Waals surface area contributed by atoms with Crippen LogP contribution in [0.2, 0.25) is 0 Å². The molecule has 0 aromatic heterocycles. The van der Waals surface area contributed by atoms with E-state index in [0.717, 1.165) is 25.7 Å². The molecule has 0 aliphatic rings. The number of nitrogens with two attached hydrogens (primary N) is 1. The molecule has 16 heavy (non-hydrogen) atoms. The van der Waals surface area contributed by atoms with Crippen LogP contribution in [0.4, 0.5) is 0 Å². The highest BCUT2D eigenvalue weighted by molar-refractivity contribution is 5.85. The van der Waals surface area contributed by atoms with Crippen LogP contribution in [0.1, 0.15) is 39.0 Å². The van der Waals surface area contributed by atoms with Crippen LogP contribution in [-0.2, 0) is 9.53 Å². The Morgan fingerprint density at radius 3 is 2.62 bits per heavy atom. The second kappa shape index (κ2) is 12.7. The molecule has 1 atom stereocenters.